The molecule has 0 N–H and O–H groups in total. The van der Waals surface area contributed by atoms with Gasteiger partial charge in [0.1, 0.15) is 5.75 Å². The van der Waals surface area contributed by atoms with E-state index in [4.69, 9.17) is 4.74 Å². The number of hydrogen-bond donors (Lipinski definition) is 0. The molecule has 26 heavy (non-hydrogen) atoms. The maximum Gasteiger partial charge on any atom is 0.118 e. The normalized spacial score (nSPS) is 11.3. The van der Waals surface area contributed by atoms with Gasteiger partial charge in [0.2, 0.25) is 0 Å². The number of benzene rings is 3. The maximum absolute atomic E-state index is 5.21. The van der Waals surface area contributed by atoms with Crippen molar-refractivity contribution >= 4 is 21.8 Å². The molecular formula is C24H24NO. The molecule has 0 aliphatic carbocycles. The molecule has 0 saturated heterocycles. The van der Waals surface area contributed by atoms with Crippen LogP contribution in [-0.4, -0.2) is 11.7 Å². The number of ether oxygens (including phenoxy) is 1. The van der Waals surface area contributed by atoms with E-state index in [0.717, 1.165) is 31.6 Å². The van der Waals surface area contributed by atoms with E-state index in [9.17, 15) is 0 Å². The first-order valence-corrected chi connectivity index (χ1v) is 9.27. The Bertz CT molecular complexity index is 945. The van der Waals surface area contributed by atoms with Gasteiger partial charge >= 0.3 is 0 Å². The molecule has 0 amide bonds. The number of unbranched alkanes of at least 4 members (excludes halogenated alkanes) is 2. The lowest BCUT2D eigenvalue weighted by Crippen LogP contribution is -1.98. The molecule has 0 atom stereocenters. The standard InChI is InChI=1S/C24H24NO/c1-26-20-16-14-19(15-17-20)9-3-2-8-18-25-23-12-6-4-10-21(23)22-11-5-7-13-24(22)25/h3-7,10-17H,2,8-9,18H2,1H3. The molecule has 1 radical (unpaired) electrons. The number of methoxy groups -OCH3 is 1. The smallest absolute Gasteiger partial charge is 0.118 e. The number of aryl methyl sites for hydroxylation is 1. The number of nitrogens with zero attached hydrogens (tertiary/aromatic N) is 1. The second kappa shape index (κ2) is 7.65. The summed E-state index contributed by atoms with van der Waals surface area (Å²) in [7, 11) is 1.70. The molecule has 131 valence electrons. The van der Waals surface area contributed by atoms with Crippen LogP contribution in [0.3, 0.4) is 0 Å². The van der Waals surface area contributed by atoms with Crippen molar-refractivity contribution < 1.29 is 4.74 Å². The summed E-state index contributed by atoms with van der Waals surface area (Å²) < 4.78 is 7.68. The highest BCUT2D eigenvalue weighted by Gasteiger charge is 2.08. The molecule has 0 aliphatic rings. The van der Waals surface area contributed by atoms with Crippen molar-refractivity contribution in [2.45, 2.75) is 25.8 Å². The number of para-hydroxylation sites is 2. The van der Waals surface area contributed by atoms with E-state index in [-0.39, 0.29) is 0 Å². The van der Waals surface area contributed by atoms with E-state index in [2.05, 4.69) is 71.7 Å². The van der Waals surface area contributed by atoms with Crippen LogP contribution in [-0.2, 0) is 13.0 Å². The highest BCUT2D eigenvalue weighted by atomic mass is 16.5. The van der Waals surface area contributed by atoms with Crippen LogP contribution in [0.25, 0.3) is 21.8 Å². The average Bonchev–Trinajstić information content (AvgIpc) is 3.02. The minimum absolute atomic E-state index is 0.917. The zero-order chi connectivity index (χ0) is 17.8. The van der Waals surface area contributed by atoms with Crippen molar-refractivity contribution in [1.82, 2.24) is 4.57 Å². The summed E-state index contributed by atoms with van der Waals surface area (Å²) in [5, 5.41) is 2.70. The van der Waals surface area contributed by atoms with E-state index in [0.29, 0.717) is 0 Å². The molecule has 1 heterocycles. The monoisotopic (exact) mass is 342 g/mol. The molecule has 4 aromatic rings. The number of fused-ring (bicyclic) bond motifs is 3. The van der Waals surface area contributed by atoms with Gasteiger partial charge in [-0.15, -0.1) is 0 Å². The summed E-state index contributed by atoms with van der Waals surface area (Å²) >= 11 is 0. The Hall–Kier alpha value is -2.74. The van der Waals surface area contributed by atoms with Crippen molar-refractivity contribution in [3.63, 3.8) is 0 Å². The number of aromatic nitrogens is 1. The van der Waals surface area contributed by atoms with Gasteiger partial charge in [0.25, 0.3) is 0 Å². The summed E-state index contributed by atoms with van der Waals surface area (Å²) in [6.07, 6.45) is 5.67. The fraction of sp³-hybridized carbons (Fsp3) is 0.208. The van der Waals surface area contributed by atoms with E-state index < -0.39 is 0 Å². The van der Waals surface area contributed by atoms with Crippen molar-refractivity contribution in [1.29, 1.82) is 0 Å². The number of hydrogen-bond acceptors (Lipinski definition) is 1. The Kier molecular flexibility index (Phi) is 4.92. The fourth-order valence-electron chi connectivity index (χ4n) is 3.67. The molecule has 0 aliphatic heterocycles. The highest BCUT2D eigenvalue weighted by molar-refractivity contribution is 6.07. The second-order valence-electron chi connectivity index (χ2n) is 6.67. The summed E-state index contributed by atoms with van der Waals surface area (Å²) in [6.45, 7) is 1.05. The van der Waals surface area contributed by atoms with Gasteiger partial charge in [0.05, 0.1) is 7.11 Å². The third kappa shape index (κ3) is 3.32. The van der Waals surface area contributed by atoms with Crippen molar-refractivity contribution in [3.8, 4) is 5.75 Å². The molecule has 0 spiro atoms. The van der Waals surface area contributed by atoms with Crippen molar-refractivity contribution in [2.75, 3.05) is 7.11 Å². The van der Waals surface area contributed by atoms with Gasteiger partial charge in [0.15, 0.2) is 0 Å². The SMILES string of the molecule is COc1ccc(C[CH]CCCn2c3ccccc3c3ccccc32)cc1. The first kappa shape index (κ1) is 16.7. The lowest BCUT2D eigenvalue weighted by Gasteiger charge is -2.08. The molecule has 0 fully saturated rings. The summed E-state index contributed by atoms with van der Waals surface area (Å²) in [5.74, 6) is 0.917. The Morgan fingerprint density at radius 1 is 0.808 bits per heavy atom. The minimum atomic E-state index is 0.917. The largest absolute Gasteiger partial charge is 0.497 e. The predicted molar refractivity (Wildman–Crippen MR) is 110 cm³/mol. The zero-order valence-corrected chi connectivity index (χ0v) is 15.2. The van der Waals surface area contributed by atoms with E-state index in [1.54, 1.807) is 7.11 Å². The maximum atomic E-state index is 5.21. The van der Waals surface area contributed by atoms with Gasteiger partial charge in [-0.2, -0.15) is 0 Å². The zero-order valence-electron chi connectivity index (χ0n) is 15.2. The van der Waals surface area contributed by atoms with Gasteiger partial charge in [-0.3, -0.25) is 0 Å². The van der Waals surface area contributed by atoms with Gasteiger partial charge in [-0.25, -0.2) is 0 Å². The lowest BCUT2D eigenvalue weighted by molar-refractivity contribution is 0.414. The molecule has 2 nitrogen and oxygen atoms in total. The van der Waals surface area contributed by atoms with Crippen molar-refractivity contribution in [2.24, 2.45) is 0 Å². The molecule has 2 heteroatoms. The van der Waals surface area contributed by atoms with E-state index in [1.807, 2.05) is 12.1 Å². The van der Waals surface area contributed by atoms with Gasteiger partial charge in [-0.05, 0) is 55.5 Å². The van der Waals surface area contributed by atoms with Crippen LogP contribution in [0.5, 0.6) is 5.75 Å². The molecule has 4 rings (SSSR count). The van der Waals surface area contributed by atoms with Crippen LogP contribution in [0.2, 0.25) is 0 Å². The van der Waals surface area contributed by atoms with Crippen LogP contribution >= 0.6 is 0 Å². The number of rotatable bonds is 7. The molecular weight excluding hydrogens is 318 g/mol. The van der Waals surface area contributed by atoms with Gasteiger partial charge in [0, 0.05) is 28.4 Å². The third-order valence-electron chi connectivity index (χ3n) is 5.01. The summed E-state index contributed by atoms with van der Waals surface area (Å²) in [4.78, 5) is 0. The van der Waals surface area contributed by atoms with Gasteiger partial charge in [-0.1, -0.05) is 48.5 Å². The molecule has 3 aromatic carbocycles. The minimum Gasteiger partial charge on any atom is -0.497 e. The van der Waals surface area contributed by atoms with Crippen molar-refractivity contribution in [3.05, 3.63) is 84.8 Å². The predicted octanol–water partition coefficient (Wildman–Crippen LogP) is 6.03. The Balaban J connectivity index is 1.40. The second-order valence-corrected chi connectivity index (χ2v) is 6.67. The topological polar surface area (TPSA) is 14.2 Å². The van der Waals surface area contributed by atoms with E-state index >= 15 is 0 Å². The molecule has 0 bridgehead atoms. The van der Waals surface area contributed by atoms with Crippen LogP contribution in [0.1, 0.15) is 18.4 Å². The van der Waals surface area contributed by atoms with E-state index in [1.165, 1.54) is 27.4 Å². The van der Waals surface area contributed by atoms with Crippen LogP contribution in [0, 0.1) is 6.42 Å². The van der Waals surface area contributed by atoms with Gasteiger partial charge < -0.3 is 9.30 Å². The molecule has 1 aromatic heterocycles. The van der Waals surface area contributed by atoms with Crippen LogP contribution < -0.4 is 4.74 Å². The Labute approximate surface area is 155 Å². The first-order valence-electron chi connectivity index (χ1n) is 9.27. The molecule has 0 saturated carbocycles. The van der Waals surface area contributed by atoms with Crippen LogP contribution in [0.15, 0.2) is 72.8 Å². The third-order valence-corrected chi connectivity index (χ3v) is 5.01. The average molecular weight is 342 g/mol. The summed E-state index contributed by atoms with van der Waals surface area (Å²) in [5.41, 5.74) is 4.01. The quantitative estimate of drug-likeness (QED) is 0.374. The lowest BCUT2D eigenvalue weighted by atomic mass is 10.1. The Morgan fingerprint density at radius 3 is 2.04 bits per heavy atom. The summed E-state index contributed by atoms with van der Waals surface area (Å²) in [6, 6.07) is 25.8. The van der Waals surface area contributed by atoms with Crippen LogP contribution in [0.4, 0.5) is 0 Å². The first-order chi connectivity index (χ1) is 12.9. The highest BCUT2D eigenvalue weighted by Crippen LogP contribution is 2.29. The Morgan fingerprint density at radius 2 is 1.42 bits per heavy atom. The fourth-order valence-corrected chi connectivity index (χ4v) is 3.67. The molecule has 0 unspecified atom stereocenters.